The van der Waals surface area contributed by atoms with Crippen LogP contribution in [0.5, 0.6) is 0 Å². The predicted octanol–water partition coefficient (Wildman–Crippen LogP) is 2.31. The first-order chi connectivity index (χ1) is 10.6. The molecule has 1 aromatic carbocycles. The van der Waals surface area contributed by atoms with Crippen molar-refractivity contribution >= 4 is 29.3 Å². The summed E-state index contributed by atoms with van der Waals surface area (Å²) in [6, 6.07) is 7.89. The fraction of sp³-hybridized carbons (Fsp3) is 0.562. The van der Waals surface area contributed by atoms with E-state index < -0.39 is 5.60 Å². The molecule has 2 rings (SSSR count). The molecular weight excluding hydrogens is 318 g/mol. The van der Waals surface area contributed by atoms with Crippen LogP contribution in [0.15, 0.2) is 29.3 Å². The maximum atomic E-state index is 10.3. The quantitative estimate of drug-likeness (QED) is 0.549. The van der Waals surface area contributed by atoms with Crippen molar-refractivity contribution in [3.8, 4) is 0 Å². The number of hydrogen-bond acceptors (Lipinski definition) is 3. The van der Waals surface area contributed by atoms with Gasteiger partial charge < -0.3 is 15.7 Å². The zero-order valence-corrected chi connectivity index (χ0v) is 14.5. The zero-order valence-electron chi connectivity index (χ0n) is 12.9. The number of aliphatic hydroxyl groups is 1. The summed E-state index contributed by atoms with van der Waals surface area (Å²) in [4.78, 5) is 4.52. The number of rotatable bonds is 6. The highest BCUT2D eigenvalue weighted by Crippen LogP contribution is 2.27. The van der Waals surface area contributed by atoms with Gasteiger partial charge in [-0.2, -0.15) is 11.8 Å². The highest BCUT2D eigenvalue weighted by molar-refractivity contribution is 7.99. The van der Waals surface area contributed by atoms with E-state index in [-0.39, 0.29) is 0 Å². The first kappa shape index (κ1) is 17.4. The third-order valence-electron chi connectivity index (χ3n) is 3.55. The summed E-state index contributed by atoms with van der Waals surface area (Å²) >= 11 is 7.78. The first-order valence-corrected chi connectivity index (χ1v) is 9.21. The van der Waals surface area contributed by atoms with Crippen LogP contribution < -0.4 is 10.6 Å². The van der Waals surface area contributed by atoms with Crippen LogP contribution in [-0.4, -0.2) is 47.8 Å². The van der Waals surface area contributed by atoms with E-state index in [4.69, 9.17) is 11.6 Å². The first-order valence-electron chi connectivity index (χ1n) is 7.68. The normalized spacial score (nSPS) is 21.9. The Bertz CT molecular complexity index is 504. The largest absolute Gasteiger partial charge is 0.387 e. The second-order valence-corrected chi connectivity index (χ2v) is 7.07. The number of benzene rings is 1. The van der Waals surface area contributed by atoms with Crippen LogP contribution in [0.3, 0.4) is 0 Å². The van der Waals surface area contributed by atoms with Gasteiger partial charge >= 0.3 is 0 Å². The SMILES string of the molecule is CCNC(=NCC1(O)CCSC1)NCCc1cccc(Cl)c1. The van der Waals surface area contributed by atoms with Crippen molar-refractivity contribution in [1.82, 2.24) is 10.6 Å². The van der Waals surface area contributed by atoms with Crippen molar-refractivity contribution in [2.75, 3.05) is 31.1 Å². The summed E-state index contributed by atoms with van der Waals surface area (Å²) in [6.07, 6.45) is 1.70. The molecule has 0 bridgehead atoms. The minimum absolute atomic E-state index is 0.451. The molecule has 0 aliphatic carbocycles. The van der Waals surface area contributed by atoms with Gasteiger partial charge in [0.25, 0.3) is 0 Å². The summed E-state index contributed by atoms with van der Waals surface area (Å²) in [5, 5.41) is 17.6. The molecule has 1 aromatic rings. The van der Waals surface area contributed by atoms with Crippen LogP contribution in [0.2, 0.25) is 5.02 Å². The van der Waals surface area contributed by atoms with Crippen molar-refractivity contribution in [3.05, 3.63) is 34.9 Å². The van der Waals surface area contributed by atoms with Crippen molar-refractivity contribution in [2.24, 2.45) is 4.99 Å². The van der Waals surface area contributed by atoms with Crippen LogP contribution in [0.4, 0.5) is 0 Å². The maximum Gasteiger partial charge on any atom is 0.191 e. The van der Waals surface area contributed by atoms with Gasteiger partial charge in [0.2, 0.25) is 0 Å². The highest BCUT2D eigenvalue weighted by Gasteiger charge is 2.31. The predicted molar refractivity (Wildman–Crippen MR) is 96.0 cm³/mol. The van der Waals surface area contributed by atoms with Crippen molar-refractivity contribution in [2.45, 2.75) is 25.4 Å². The Morgan fingerprint density at radius 2 is 2.32 bits per heavy atom. The molecular formula is C16H24ClN3OS. The minimum atomic E-state index is -0.639. The van der Waals surface area contributed by atoms with Crippen LogP contribution in [0.1, 0.15) is 18.9 Å². The molecule has 6 heteroatoms. The van der Waals surface area contributed by atoms with Gasteiger partial charge in [-0.05, 0) is 43.2 Å². The molecule has 1 atom stereocenters. The van der Waals surface area contributed by atoms with Crippen LogP contribution >= 0.6 is 23.4 Å². The number of nitrogens with zero attached hydrogens (tertiary/aromatic N) is 1. The highest BCUT2D eigenvalue weighted by atomic mass is 35.5. The molecule has 4 nitrogen and oxygen atoms in total. The van der Waals surface area contributed by atoms with Gasteiger partial charge in [0.1, 0.15) is 0 Å². The molecule has 1 unspecified atom stereocenters. The molecule has 0 saturated carbocycles. The number of nitrogens with one attached hydrogen (secondary N) is 2. The number of aliphatic imine (C=N–C) groups is 1. The van der Waals surface area contributed by atoms with E-state index in [0.717, 1.165) is 48.4 Å². The fourth-order valence-electron chi connectivity index (χ4n) is 2.31. The maximum absolute atomic E-state index is 10.3. The molecule has 0 spiro atoms. The Morgan fingerprint density at radius 1 is 1.45 bits per heavy atom. The second-order valence-electron chi connectivity index (χ2n) is 5.53. The van der Waals surface area contributed by atoms with Gasteiger partial charge in [-0.25, -0.2) is 0 Å². The Hall–Kier alpha value is -0.910. The Kier molecular flexibility index (Phi) is 6.86. The summed E-state index contributed by atoms with van der Waals surface area (Å²) in [5.41, 5.74) is 0.557. The van der Waals surface area contributed by atoms with Gasteiger partial charge in [0.05, 0.1) is 12.1 Å². The summed E-state index contributed by atoms with van der Waals surface area (Å²) < 4.78 is 0. The molecule has 0 aromatic heterocycles. The van der Waals surface area contributed by atoms with Crippen molar-refractivity contribution < 1.29 is 5.11 Å². The summed E-state index contributed by atoms with van der Waals surface area (Å²) in [6.45, 7) is 4.07. The average Bonchev–Trinajstić information content (AvgIpc) is 2.92. The van der Waals surface area contributed by atoms with Gasteiger partial charge in [-0.1, -0.05) is 23.7 Å². The number of guanidine groups is 1. The van der Waals surface area contributed by atoms with Crippen LogP contribution in [0, 0.1) is 0 Å². The minimum Gasteiger partial charge on any atom is -0.387 e. The summed E-state index contributed by atoms with van der Waals surface area (Å²) in [5.74, 6) is 2.55. The smallest absolute Gasteiger partial charge is 0.191 e. The van der Waals surface area contributed by atoms with Crippen LogP contribution in [0.25, 0.3) is 0 Å². The van der Waals surface area contributed by atoms with Gasteiger partial charge in [-0.3, -0.25) is 4.99 Å². The molecule has 1 fully saturated rings. The van der Waals surface area contributed by atoms with E-state index in [9.17, 15) is 5.11 Å². The molecule has 1 saturated heterocycles. The molecule has 22 heavy (non-hydrogen) atoms. The molecule has 3 N–H and O–H groups in total. The van der Waals surface area contributed by atoms with Gasteiger partial charge in [0, 0.05) is 23.9 Å². The molecule has 1 heterocycles. The molecule has 0 amide bonds. The Morgan fingerprint density at radius 3 is 3.00 bits per heavy atom. The monoisotopic (exact) mass is 341 g/mol. The van der Waals surface area contributed by atoms with Gasteiger partial charge in [-0.15, -0.1) is 0 Å². The van der Waals surface area contributed by atoms with E-state index in [0.29, 0.717) is 6.54 Å². The lowest BCUT2D eigenvalue weighted by atomic mass is 10.1. The van der Waals surface area contributed by atoms with E-state index in [1.165, 1.54) is 5.56 Å². The lowest BCUT2D eigenvalue weighted by Gasteiger charge is -2.19. The van der Waals surface area contributed by atoms with Gasteiger partial charge in [0.15, 0.2) is 5.96 Å². The number of halogens is 1. The molecule has 0 radical (unpaired) electrons. The van der Waals surface area contributed by atoms with Crippen molar-refractivity contribution in [3.63, 3.8) is 0 Å². The lowest BCUT2D eigenvalue weighted by molar-refractivity contribution is 0.0778. The lowest BCUT2D eigenvalue weighted by Crippen LogP contribution is -2.40. The second kappa shape index (κ2) is 8.65. The zero-order chi connectivity index (χ0) is 15.8. The van der Waals surface area contributed by atoms with E-state index in [1.807, 2.05) is 25.1 Å². The fourth-order valence-corrected chi connectivity index (χ4v) is 3.80. The third-order valence-corrected chi connectivity index (χ3v) is 5.02. The molecule has 122 valence electrons. The van der Waals surface area contributed by atoms with E-state index in [2.05, 4.69) is 21.7 Å². The number of thioether (sulfide) groups is 1. The van der Waals surface area contributed by atoms with E-state index in [1.54, 1.807) is 11.8 Å². The molecule has 1 aliphatic heterocycles. The third kappa shape index (κ3) is 5.71. The standard InChI is InChI=1S/C16H24ClN3OS/c1-2-18-15(20-11-16(21)7-9-22-12-16)19-8-6-13-4-3-5-14(17)10-13/h3-5,10,21H,2,6-9,11-12H2,1H3,(H2,18,19,20). The summed E-state index contributed by atoms with van der Waals surface area (Å²) in [7, 11) is 0. The average molecular weight is 342 g/mol. The topological polar surface area (TPSA) is 56.7 Å². The van der Waals surface area contributed by atoms with Crippen molar-refractivity contribution in [1.29, 1.82) is 0 Å². The number of hydrogen-bond donors (Lipinski definition) is 3. The Balaban J connectivity index is 1.83. The van der Waals surface area contributed by atoms with Crippen LogP contribution in [-0.2, 0) is 6.42 Å². The van der Waals surface area contributed by atoms with E-state index >= 15 is 0 Å². The Labute approximate surface area is 141 Å². The molecule has 1 aliphatic rings.